The molecule has 2 unspecified atom stereocenters. The van der Waals surface area contributed by atoms with Gasteiger partial charge in [0.25, 0.3) is 0 Å². The number of nitrogens with zero attached hydrogens (tertiary/aromatic N) is 2. The van der Waals surface area contributed by atoms with Crippen LogP contribution in [0.25, 0.3) is 0 Å². The zero-order valence-corrected chi connectivity index (χ0v) is 11.4. The zero-order valence-electron chi connectivity index (χ0n) is 10.5. The fourth-order valence-electron chi connectivity index (χ4n) is 2.33. The predicted molar refractivity (Wildman–Crippen MR) is 68.4 cm³/mol. The minimum Gasteiger partial charge on any atom is -0.329 e. The summed E-state index contributed by atoms with van der Waals surface area (Å²) in [5.41, 5.74) is 5.40. The van der Waals surface area contributed by atoms with Crippen molar-refractivity contribution in [3.05, 3.63) is 12.4 Å². The van der Waals surface area contributed by atoms with Crippen molar-refractivity contribution < 1.29 is 8.42 Å². The molecule has 0 amide bonds. The molecule has 2 atom stereocenters. The summed E-state index contributed by atoms with van der Waals surface area (Å²) in [6.45, 7) is 3.04. The molecule has 0 saturated heterocycles. The van der Waals surface area contributed by atoms with E-state index in [1.54, 1.807) is 4.68 Å². The lowest BCUT2D eigenvalue weighted by atomic mass is 10.1. The third-order valence-corrected chi connectivity index (χ3v) is 4.89. The first-order valence-electron chi connectivity index (χ1n) is 6.28. The number of sulfonamides is 1. The van der Waals surface area contributed by atoms with Crippen LogP contribution in [0.15, 0.2) is 17.3 Å². The van der Waals surface area contributed by atoms with Crippen molar-refractivity contribution in [1.82, 2.24) is 14.5 Å². The smallest absolute Gasteiger partial charge is 0.243 e. The molecule has 1 saturated carbocycles. The Morgan fingerprint density at radius 2 is 2.33 bits per heavy atom. The molecule has 1 aliphatic carbocycles. The molecule has 6 nitrogen and oxygen atoms in total. The number of nitrogens with one attached hydrogen (secondary N) is 1. The monoisotopic (exact) mass is 272 g/mol. The molecule has 0 aliphatic heterocycles. The second-order valence-corrected chi connectivity index (χ2v) is 6.58. The van der Waals surface area contributed by atoms with Gasteiger partial charge in [-0.25, -0.2) is 13.1 Å². The average molecular weight is 272 g/mol. The Morgan fingerprint density at radius 3 is 2.94 bits per heavy atom. The first-order chi connectivity index (χ1) is 8.53. The molecule has 102 valence electrons. The van der Waals surface area contributed by atoms with Gasteiger partial charge in [-0.3, -0.25) is 4.68 Å². The maximum atomic E-state index is 12.2. The number of rotatable bonds is 5. The maximum absolute atomic E-state index is 12.2. The van der Waals surface area contributed by atoms with Gasteiger partial charge in [0.05, 0.1) is 12.7 Å². The second kappa shape index (κ2) is 5.38. The van der Waals surface area contributed by atoms with Crippen LogP contribution in [0.5, 0.6) is 0 Å². The number of hydrogen-bond acceptors (Lipinski definition) is 4. The van der Waals surface area contributed by atoms with Crippen molar-refractivity contribution in [2.75, 3.05) is 6.54 Å². The van der Waals surface area contributed by atoms with E-state index < -0.39 is 10.0 Å². The van der Waals surface area contributed by atoms with Gasteiger partial charge in [0.15, 0.2) is 0 Å². The van der Waals surface area contributed by atoms with Gasteiger partial charge in [-0.15, -0.1) is 0 Å². The van der Waals surface area contributed by atoms with Gasteiger partial charge in [0.1, 0.15) is 4.90 Å². The molecule has 1 aliphatic rings. The third-order valence-electron chi connectivity index (χ3n) is 3.45. The van der Waals surface area contributed by atoms with Crippen molar-refractivity contribution in [2.45, 2.75) is 43.7 Å². The molecule has 1 heterocycles. The van der Waals surface area contributed by atoms with Crippen molar-refractivity contribution in [1.29, 1.82) is 0 Å². The minimum atomic E-state index is -3.45. The Hall–Kier alpha value is -0.920. The van der Waals surface area contributed by atoms with Gasteiger partial charge in [-0.05, 0) is 18.8 Å². The highest BCUT2D eigenvalue weighted by Gasteiger charge is 2.28. The Balaban J connectivity index is 2.09. The van der Waals surface area contributed by atoms with Crippen LogP contribution < -0.4 is 10.5 Å². The van der Waals surface area contributed by atoms with Gasteiger partial charge < -0.3 is 5.73 Å². The highest BCUT2D eigenvalue weighted by molar-refractivity contribution is 7.89. The first-order valence-corrected chi connectivity index (χ1v) is 7.76. The topological polar surface area (TPSA) is 90.0 Å². The summed E-state index contributed by atoms with van der Waals surface area (Å²) in [6.07, 6.45) is 5.98. The number of nitrogens with two attached hydrogens (primary N) is 1. The van der Waals surface area contributed by atoms with Crippen molar-refractivity contribution in [2.24, 2.45) is 11.7 Å². The van der Waals surface area contributed by atoms with Crippen molar-refractivity contribution >= 4 is 10.0 Å². The van der Waals surface area contributed by atoms with Crippen LogP contribution in [0, 0.1) is 5.92 Å². The Labute approximate surface area is 108 Å². The lowest BCUT2D eigenvalue weighted by molar-refractivity contribution is 0.476. The quantitative estimate of drug-likeness (QED) is 0.807. The SMILES string of the molecule is CC1CCCC1NS(=O)(=O)c1cnn(CCN)c1. The molecule has 0 aromatic carbocycles. The van der Waals surface area contributed by atoms with Crippen LogP contribution in [-0.4, -0.2) is 30.8 Å². The molecule has 0 bridgehead atoms. The summed E-state index contributed by atoms with van der Waals surface area (Å²) in [5, 5.41) is 3.98. The van der Waals surface area contributed by atoms with Gasteiger partial charge >= 0.3 is 0 Å². The third kappa shape index (κ3) is 2.90. The predicted octanol–water partition coefficient (Wildman–Crippen LogP) is 0.309. The van der Waals surface area contributed by atoms with Crippen molar-refractivity contribution in [3.8, 4) is 0 Å². The highest BCUT2D eigenvalue weighted by Crippen LogP contribution is 2.26. The van der Waals surface area contributed by atoms with E-state index in [0.717, 1.165) is 19.3 Å². The van der Waals surface area contributed by atoms with E-state index in [4.69, 9.17) is 5.73 Å². The van der Waals surface area contributed by atoms with Gasteiger partial charge in [0, 0.05) is 18.8 Å². The van der Waals surface area contributed by atoms with E-state index in [2.05, 4.69) is 16.7 Å². The van der Waals surface area contributed by atoms with Gasteiger partial charge in [0.2, 0.25) is 10.0 Å². The van der Waals surface area contributed by atoms with Crippen LogP contribution in [0.1, 0.15) is 26.2 Å². The maximum Gasteiger partial charge on any atom is 0.243 e. The van der Waals surface area contributed by atoms with Crippen LogP contribution in [0.4, 0.5) is 0 Å². The summed E-state index contributed by atoms with van der Waals surface area (Å²) >= 11 is 0. The Bertz CT molecular complexity index is 497. The van der Waals surface area contributed by atoms with Crippen molar-refractivity contribution in [3.63, 3.8) is 0 Å². The summed E-state index contributed by atoms with van der Waals surface area (Å²) in [5.74, 6) is 0.402. The molecular formula is C11H20N4O2S. The van der Waals surface area contributed by atoms with Crippen LogP contribution in [0.3, 0.4) is 0 Å². The fourth-order valence-corrected chi connectivity index (χ4v) is 3.66. The normalized spacial score (nSPS) is 24.6. The summed E-state index contributed by atoms with van der Waals surface area (Å²) in [6, 6.07) is 0.0489. The molecule has 1 aromatic heterocycles. The van der Waals surface area contributed by atoms with Crippen LogP contribution in [-0.2, 0) is 16.6 Å². The molecular weight excluding hydrogens is 252 g/mol. The van der Waals surface area contributed by atoms with Crippen LogP contribution in [0.2, 0.25) is 0 Å². The standard InChI is InChI=1S/C11H20N4O2S/c1-9-3-2-4-11(9)14-18(16,17)10-7-13-15(8-10)6-5-12/h7-9,11,14H,2-6,12H2,1H3. The molecule has 1 fully saturated rings. The van der Waals surface area contributed by atoms with Crippen LogP contribution >= 0.6 is 0 Å². The molecule has 2 rings (SSSR count). The Kier molecular flexibility index (Phi) is 4.04. The van der Waals surface area contributed by atoms with E-state index >= 15 is 0 Å². The highest BCUT2D eigenvalue weighted by atomic mass is 32.2. The van der Waals surface area contributed by atoms with E-state index in [1.165, 1.54) is 12.4 Å². The molecule has 7 heteroatoms. The summed E-state index contributed by atoms with van der Waals surface area (Å²) in [7, 11) is -3.45. The summed E-state index contributed by atoms with van der Waals surface area (Å²) < 4.78 is 28.6. The lowest BCUT2D eigenvalue weighted by Gasteiger charge is -2.16. The lowest BCUT2D eigenvalue weighted by Crippen LogP contribution is -2.36. The summed E-state index contributed by atoms with van der Waals surface area (Å²) in [4.78, 5) is 0.218. The minimum absolute atomic E-state index is 0.0489. The molecule has 0 spiro atoms. The Morgan fingerprint density at radius 1 is 1.56 bits per heavy atom. The number of aromatic nitrogens is 2. The van der Waals surface area contributed by atoms with E-state index in [1.807, 2.05) is 0 Å². The number of hydrogen-bond donors (Lipinski definition) is 2. The molecule has 0 radical (unpaired) electrons. The zero-order chi connectivity index (χ0) is 13.2. The van der Waals surface area contributed by atoms with E-state index in [0.29, 0.717) is 19.0 Å². The van der Waals surface area contributed by atoms with E-state index in [9.17, 15) is 8.42 Å². The molecule has 3 N–H and O–H groups in total. The van der Waals surface area contributed by atoms with Gasteiger partial charge in [-0.2, -0.15) is 5.10 Å². The largest absolute Gasteiger partial charge is 0.329 e. The average Bonchev–Trinajstić information content (AvgIpc) is 2.90. The fraction of sp³-hybridized carbons (Fsp3) is 0.727. The second-order valence-electron chi connectivity index (χ2n) is 4.86. The molecule has 18 heavy (non-hydrogen) atoms. The van der Waals surface area contributed by atoms with E-state index in [-0.39, 0.29) is 10.9 Å². The molecule has 1 aromatic rings. The first kappa shape index (κ1) is 13.5. The van der Waals surface area contributed by atoms with Gasteiger partial charge in [-0.1, -0.05) is 13.3 Å².